The van der Waals surface area contributed by atoms with Gasteiger partial charge in [0.05, 0.1) is 12.7 Å². The first-order valence-corrected chi connectivity index (χ1v) is 7.89. The molecular formula is C16H32N4O. The van der Waals surface area contributed by atoms with Crippen molar-refractivity contribution in [2.45, 2.75) is 47.5 Å². The van der Waals surface area contributed by atoms with E-state index in [0.717, 1.165) is 31.7 Å². The maximum absolute atomic E-state index is 11.2. The molecule has 0 bridgehead atoms. The SMILES string of the molecule is C=CCC.CC.CC.O=C1CN(c2ccn[nH]2)CCCN1. The standard InChI is InChI=1S/C8H12N4O.C4H8.2C2H6/c13-8-6-12(5-1-3-9-8)7-2-4-10-11-7;1-3-4-2;2*1-2/h2,4H,1,3,5-6H2,(H,9,13)(H,10,11);3H,1,4H2,2H3;2*1-2H3. The predicted molar refractivity (Wildman–Crippen MR) is 91.6 cm³/mol. The molecule has 0 unspecified atom stereocenters. The summed E-state index contributed by atoms with van der Waals surface area (Å²) in [5.41, 5.74) is 0. The lowest BCUT2D eigenvalue weighted by Gasteiger charge is -2.17. The molecule has 0 aromatic carbocycles. The number of rotatable bonds is 2. The number of amides is 1. The highest BCUT2D eigenvalue weighted by Crippen LogP contribution is 2.09. The van der Waals surface area contributed by atoms with Crippen LogP contribution in [0.1, 0.15) is 47.5 Å². The third-order valence-corrected chi connectivity index (χ3v) is 2.38. The Morgan fingerprint density at radius 2 is 2.00 bits per heavy atom. The maximum atomic E-state index is 11.2. The van der Waals surface area contributed by atoms with Gasteiger partial charge in [-0.3, -0.25) is 9.89 Å². The van der Waals surface area contributed by atoms with Gasteiger partial charge in [-0.05, 0) is 12.8 Å². The lowest BCUT2D eigenvalue weighted by molar-refractivity contribution is -0.119. The monoisotopic (exact) mass is 296 g/mol. The van der Waals surface area contributed by atoms with Crippen LogP contribution in [0.4, 0.5) is 5.82 Å². The molecule has 2 rings (SSSR count). The highest BCUT2D eigenvalue weighted by Gasteiger charge is 2.15. The number of H-pyrrole nitrogens is 1. The molecule has 1 aromatic rings. The Bertz CT molecular complexity index is 336. The van der Waals surface area contributed by atoms with Gasteiger partial charge in [-0.15, -0.1) is 6.58 Å². The largest absolute Gasteiger partial charge is 0.354 e. The molecule has 1 aliphatic rings. The van der Waals surface area contributed by atoms with Gasteiger partial charge < -0.3 is 10.2 Å². The quantitative estimate of drug-likeness (QED) is 0.823. The van der Waals surface area contributed by atoms with Crippen molar-refractivity contribution in [3.63, 3.8) is 0 Å². The fourth-order valence-corrected chi connectivity index (χ4v) is 1.44. The smallest absolute Gasteiger partial charge is 0.239 e. The van der Waals surface area contributed by atoms with Gasteiger partial charge in [0.1, 0.15) is 5.82 Å². The van der Waals surface area contributed by atoms with Crippen LogP contribution >= 0.6 is 0 Å². The molecular weight excluding hydrogens is 264 g/mol. The molecule has 0 saturated carbocycles. The molecule has 2 N–H and O–H groups in total. The molecule has 0 atom stereocenters. The van der Waals surface area contributed by atoms with Gasteiger partial charge in [0.25, 0.3) is 0 Å². The van der Waals surface area contributed by atoms with E-state index in [1.807, 2.05) is 44.7 Å². The van der Waals surface area contributed by atoms with Gasteiger partial charge in [-0.2, -0.15) is 5.10 Å². The topological polar surface area (TPSA) is 61.0 Å². The summed E-state index contributed by atoms with van der Waals surface area (Å²) in [4.78, 5) is 13.2. The van der Waals surface area contributed by atoms with Gasteiger partial charge in [0.2, 0.25) is 5.91 Å². The van der Waals surface area contributed by atoms with E-state index in [1.165, 1.54) is 0 Å². The summed E-state index contributed by atoms with van der Waals surface area (Å²) in [6, 6.07) is 1.87. The fourth-order valence-electron chi connectivity index (χ4n) is 1.44. The van der Waals surface area contributed by atoms with Crippen LogP contribution in [0.3, 0.4) is 0 Å². The second-order valence-electron chi connectivity index (χ2n) is 3.76. The van der Waals surface area contributed by atoms with Crippen LogP contribution in [0.2, 0.25) is 0 Å². The summed E-state index contributed by atoms with van der Waals surface area (Å²) >= 11 is 0. The van der Waals surface area contributed by atoms with E-state index >= 15 is 0 Å². The number of allylic oxidation sites excluding steroid dienone is 1. The average molecular weight is 296 g/mol. The summed E-state index contributed by atoms with van der Waals surface area (Å²) in [7, 11) is 0. The van der Waals surface area contributed by atoms with Crippen molar-refractivity contribution in [3.05, 3.63) is 24.9 Å². The molecule has 1 aliphatic heterocycles. The Balaban J connectivity index is 0. The Labute approximate surface area is 129 Å². The number of anilines is 1. The van der Waals surface area contributed by atoms with Crippen LogP contribution in [-0.4, -0.2) is 35.7 Å². The summed E-state index contributed by atoms with van der Waals surface area (Å²) in [5, 5.41) is 9.53. The number of hydrogen-bond acceptors (Lipinski definition) is 3. The summed E-state index contributed by atoms with van der Waals surface area (Å²) < 4.78 is 0. The lowest BCUT2D eigenvalue weighted by Crippen LogP contribution is -2.33. The van der Waals surface area contributed by atoms with E-state index in [0.29, 0.717) is 6.54 Å². The molecule has 1 amide bonds. The number of nitrogens with one attached hydrogen (secondary N) is 2. The van der Waals surface area contributed by atoms with Crippen LogP contribution in [0.25, 0.3) is 0 Å². The number of carbonyl (C=O) groups is 1. The minimum Gasteiger partial charge on any atom is -0.354 e. The van der Waals surface area contributed by atoms with Crippen molar-refractivity contribution >= 4 is 11.7 Å². The molecule has 21 heavy (non-hydrogen) atoms. The molecule has 0 aliphatic carbocycles. The van der Waals surface area contributed by atoms with Crippen molar-refractivity contribution in [3.8, 4) is 0 Å². The first-order chi connectivity index (χ1) is 10.3. The molecule has 0 spiro atoms. The second-order valence-corrected chi connectivity index (χ2v) is 3.76. The molecule has 122 valence electrons. The zero-order valence-corrected chi connectivity index (χ0v) is 14.3. The fraction of sp³-hybridized carbons (Fsp3) is 0.625. The van der Waals surface area contributed by atoms with Gasteiger partial charge >= 0.3 is 0 Å². The summed E-state index contributed by atoms with van der Waals surface area (Å²) in [5.74, 6) is 0.990. The summed E-state index contributed by atoms with van der Waals surface area (Å²) in [6.07, 6.45) is 5.63. The lowest BCUT2D eigenvalue weighted by atomic mass is 10.4. The predicted octanol–water partition coefficient (Wildman–Crippen LogP) is 3.37. The van der Waals surface area contributed by atoms with E-state index in [1.54, 1.807) is 6.20 Å². The molecule has 0 radical (unpaired) electrons. The van der Waals surface area contributed by atoms with Crippen molar-refractivity contribution in [2.24, 2.45) is 0 Å². The Morgan fingerprint density at radius 3 is 2.48 bits per heavy atom. The minimum atomic E-state index is 0.0760. The third kappa shape index (κ3) is 10.6. The molecule has 2 heterocycles. The number of carbonyl (C=O) groups excluding carboxylic acids is 1. The van der Waals surface area contributed by atoms with Crippen LogP contribution in [-0.2, 0) is 4.79 Å². The summed E-state index contributed by atoms with van der Waals surface area (Å²) in [6.45, 7) is 15.6. The van der Waals surface area contributed by atoms with E-state index in [2.05, 4.69) is 29.0 Å². The van der Waals surface area contributed by atoms with Gasteiger partial charge in [0.15, 0.2) is 0 Å². The second kappa shape index (κ2) is 16.3. The van der Waals surface area contributed by atoms with Gasteiger partial charge in [-0.1, -0.05) is 40.7 Å². The molecule has 5 nitrogen and oxygen atoms in total. The van der Waals surface area contributed by atoms with Crippen LogP contribution < -0.4 is 10.2 Å². The van der Waals surface area contributed by atoms with E-state index < -0.39 is 0 Å². The van der Waals surface area contributed by atoms with E-state index in [-0.39, 0.29) is 5.91 Å². The van der Waals surface area contributed by atoms with Gasteiger partial charge in [-0.25, -0.2) is 0 Å². The van der Waals surface area contributed by atoms with Crippen molar-refractivity contribution in [1.82, 2.24) is 15.5 Å². The maximum Gasteiger partial charge on any atom is 0.239 e. The molecule has 1 saturated heterocycles. The van der Waals surface area contributed by atoms with E-state index in [4.69, 9.17) is 0 Å². The van der Waals surface area contributed by atoms with Crippen LogP contribution in [0.15, 0.2) is 24.9 Å². The van der Waals surface area contributed by atoms with Crippen molar-refractivity contribution in [1.29, 1.82) is 0 Å². The number of aromatic amines is 1. The minimum absolute atomic E-state index is 0.0760. The zero-order chi connectivity index (χ0) is 16.5. The molecule has 5 heteroatoms. The normalized spacial score (nSPS) is 13.0. The van der Waals surface area contributed by atoms with Crippen molar-refractivity contribution < 1.29 is 4.79 Å². The Morgan fingerprint density at radius 1 is 1.38 bits per heavy atom. The number of nitrogens with zero attached hydrogens (tertiary/aromatic N) is 2. The molecule has 1 aromatic heterocycles. The average Bonchev–Trinajstić information content (AvgIpc) is 3.00. The van der Waals surface area contributed by atoms with Crippen molar-refractivity contribution in [2.75, 3.05) is 24.5 Å². The first-order valence-electron chi connectivity index (χ1n) is 7.89. The van der Waals surface area contributed by atoms with Crippen LogP contribution in [0.5, 0.6) is 0 Å². The zero-order valence-electron chi connectivity index (χ0n) is 14.3. The number of hydrogen-bond donors (Lipinski definition) is 2. The highest BCUT2D eigenvalue weighted by molar-refractivity contribution is 5.81. The Kier molecular flexibility index (Phi) is 16.7. The number of aromatic nitrogens is 2. The first kappa shape index (κ1) is 21.5. The Hall–Kier alpha value is -1.78. The van der Waals surface area contributed by atoms with Crippen LogP contribution in [0, 0.1) is 0 Å². The van der Waals surface area contributed by atoms with E-state index in [9.17, 15) is 4.79 Å². The molecule has 1 fully saturated rings. The highest BCUT2D eigenvalue weighted by atomic mass is 16.2. The van der Waals surface area contributed by atoms with Gasteiger partial charge in [0, 0.05) is 19.2 Å². The third-order valence-electron chi connectivity index (χ3n) is 2.38.